The van der Waals surface area contributed by atoms with Crippen molar-refractivity contribution >= 4 is 34.1 Å². The number of rotatable bonds is 11. The van der Waals surface area contributed by atoms with Crippen molar-refractivity contribution in [3.05, 3.63) is 84.2 Å². The SMILES string of the molecule is CC(C)N/C=C(\C(=O)Nc1ccc(F)cc1)C(=O)Nc1ccc(Oc2ccnc3cc(OCC(C)(C)O)c4c(c23)OCCO4)c(F)c1. The van der Waals surface area contributed by atoms with Gasteiger partial charge in [0.2, 0.25) is 5.75 Å². The number of anilines is 2. The molecule has 4 N–H and O–H groups in total. The summed E-state index contributed by atoms with van der Waals surface area (Å²) in [6.45, 7) is 7.38. The molecule has 0 bridgehead atoms. The van der Waals surface area contributed by atoms with Crippen LogP contribution in [0.25, 0.3) is 10.9 Å². The normalized spacial score (nSPS) is 12.9. The van der Waals surface area contributed by atoms with Crippen LogP contribution in [-0.2, 0) is 9.59 Å². The molecule has 0 atom stereocenters. The molecular formula is C34H34F2N4O7. The molecule has 2 amide bonds. The Morgan fingerprint density at radius 3 is 2.26 bits per heavy atom. The predicted molar refractivity (Wildman–Crippen MR) is 171 cm³/mol. The second-order valence-electron chi connectivity index (χ2n) is 11.6. The smallest absolute Gasteiger partial charge is 0.262 e. The first-order chi connectivity index (χ1) is 22.4. The van der Waals surface area contributed by atoms with Crippen LogP contribution >= 0.6 is 0 Å². The first-order valence-corrected chi connectivity index (χ1v) is 14.8. The minimum absolute atomic E-state index is 0.0109. The summed E-state index contributed by atoms with van der Waals surface area (Å²) in [4.78, 5) is 30.5. The largest absolute Gasteiger partial charge is 0.486 e. The summed E-state index contributed by atoms with van der Waals surface area (Å²) in [7, 11) is 0. The number of carbonyl (C=O) groups is 2. The van der Waals surface area contributed by atoms with Gasteiger partial charge in [0.15, 0.2) is 23.1 Å². The van der Waals surface area contributed by atoms with E-state index in [-0.39, 0.29) is 54.3 Å². The van der Waals surface area contributed by atoms with Gasteiger partial charge in [0.25, 0.3) is 11.8 Å². The molecule has 0 spiro atoms. The molecule has 0 radical (unpaired) electrons. The van der Waals surface area contributed by atoms with Gasteiger partial charge in [-0.2, -0.15) is 0 Å². The van der Waals surface area contributed by atoms with Gasteiger partial charge in [-0.05, 0) is 70.2 Å². The van der Waals surface area contributed by atoms with Crippen LogP contribution in [0.3, 0.4) is 0 Å². The van der Waals surface area contributed by atoms with E-state index in [0.29, 0.717) is 28.2 Å². The minimum atomic E-state index is -1.10. The number of amides is 2. The number of hydrogen-bond donors (Lipinski definition) is 4. The number of aromatic nitrogens is 1. The fourth-order valence-electron chi connectivity index (χ4n) is 4.41. The van der Waals surface area contributed by atoms with Crippen molar-refractivity contribution in [1.29, 1.82) is 0 Å². The molecule has 3 aromatic carbocycles. The summed E-state index contributed by atoms with van der Waals surface area (Å²) in [5.41, 5.74) is -0.614. The second kappa shape index (κ2) is 13.9. The standard InChI is InChI=1S/C34H34F2N4O7/c1-19(2)38-17-23(32(41)39-21-7-5-20(35)6-8-21)33(42)40-22-9-10-26(24(36)15-22)47-27-11-12-37-25-16-28(46-18-34(3,4)43)30-31(29(25)27)45-14-13-44-30/h5-12,15-17,19,38,43H,13-14,18H2,1-4H3,(H,39,41)(H,40,42)/b23-17+. The molecule has 0 aliphatic carbocycles. The number of fused-ring (bicyclic) bond motifs is 3. The molecule has 0 fully saturated rings. The lowest BCUT2D eigenvalue weighted by Crippen LogP contribution is -2.28. The highest BCUT2D eigenvalue weighted by Gasteiger charge is 2.26. The van der Waals surface area contributed by atoms with Crippen molar-refractivity contribution < 1.29 is 42.4 Å². The maximum absolute atomic E-state index is 15.4. The van der Waals surface area contributed by atoms with Crippen LogP contribution in [0, 0.1) is 11.6 Å². The Hall–Kier alpha value is -5.43. The molecular weight excluding hydrogens is 614 g/mol. The van der Waals surface area contributed by atoms with E-state index in [1.807, 2.05) is 13.8 Å². The van der Waals surface area contributed by atoms with E-state index in [1.54, 1.807) is 26.0 Å². The number of nitrogens with one attached hydrogen (secondary N) is 3. The van der Waals surface area contributed by atoms with Gasteiger partial charge in [0.1, 0.15) is 37.0 Å². The molecule has 0 saturated heterocycles. The zero-order chi connectivity index (χ0) is 33.7. The molecule has 1 aliphatic heterocycles. The highest BCUT2D eigenvalue weighted by Crippen LogP contribution is 2.48. The zero-order valence-corrected chi connectivity index (χ0v) is 26.1. The van der Waals surface area contributed by atoms with Crippen molar-refractivity contribution in [3.63, 3.8) is 0 Å². The number of halogens is 2. The lowest BCUT2D eigenvalue weighted by atomic mass is 10.1. The number of hydrogen-bond acceptors (Lipinski definition) is 9. The van der Waals surface area contributed by atoms with Crippen LogP contribution in [0.2, 0.25) is 0 Å². The van der Waals surface area contributed by atoms with Crippen LogP contribution in [0.15, 0.2) is 72.6 Å². The van der Waals surface area contributed by atoms with Gasteiger partial charge in [-0.1, -0.05) is 0 Å². The summed E-state index contributed by atoms with van der Waals surface area (Å²) in [5.74, 6) is -1.83. The minimum Gasteiger partial charge on any atom is -0.486 e. The Morgan fingerprint density at radius 2 is 1.60 bits per heavy atom. The van der Waals surface area contributed by atoms with Gasteiger partial charge >= 0.3 is 0 Å². The lowest BCUT2D eigenvalue weighted by Gasteiger charge is -2.25. The Bertz CT molecular complexity index is 1820. The van der Waals surface area contributed by atoms with Crippen molar-refractivity contribution in [2.75, 3.05) is 30.5 Å². The van der Waals surface area contributed by atoms with Gasteiger partial charge < -0.3 is 40.0 Å². The van der Waals surface area contributed by atoms with E-state index < -0.39 is 29.0 Å². The van der Waals surface area contributed by atoms with Crippen LogP contribution in [-0.4, -0.2) is 53.4 Å². The van der Waals surface area contributed by atoms with Crippen molar-refractivity contribution in [2.24, 2.45) is 0 Å². The van der Waals surface area contributed by atoms with Gasteiger partial charge in [-0.15, -0.1) is 0 Å². The lowest BCUT2D eigenvalue weighted by molar-refractivity contribution is -0.118. The Balaban J connectivity index is 1.37. The van der Waals surface area contributed by atoms with Gasteiger partial charge in [0, 0.05) is 41.9 Å². The highest BCUT2D eigenvalue weighted by atomic mass is 19.1. The number of pyridine rings is 1. The molecule has 1 aromatic heterocycles. The molecule has 5 rings (SSSR count). The Morgan fingerprint density at radius 1 is 0.936 bits per heavy atom. The van der Waals surface area contributed by atoms with Crippen LogP contribution in [0.4, 0.5) is 20.2 Å². The van der Waals surface area contributed by atoms with E-state index in [9.17, 15) is 19.1 Å². The highest BCUT2D eigenvalue weighted by molar-refractivity contribution is 6.26. The molecule has 47 heavy (non-hydrogen) atoms. The topological polar surface area (TPSA) is 140 Å². The molecule has 13 heteroatoms. The van der Waals surface area contributed by atoms with Crippen LogP contribution in [0.1, 0.15) is 27.7 Å². The first-order valence-electron chi connectivity index (χ1n) is 14.8. The third-order valence-electron chi connectivity index (χ3n) is 6.59. The number of ether oxygens (including phenoxy) is 4. The van der Waals surface area contributed by atoms with Crippen molar-refractivity contribution in [3.8, 4) is 28.7 Å². The van der Waals surface area contributed by atoms with Gasteiger partial charge in [-0.3, -0.25) is 14.6 Å². The average molecular weight is 649 g/mol. The maximum atomic E-state index is 15.4. The molecule has 4 aromatic rings. The van der Waals surface area contributed by atoms with Gasteiger partial charge in [-0.25, -0.2) is 8.78 Å². The third kappa shape index (κ3) is 8.24. The number of carbonyl (C=O) groups excluding carboxylic acids is 2. The number of aliphatic hydroxyl groups is 1. The quantitative estimate of drug-likeness (QED) is 0.0918. The Kier molecular flexibility index (Phi) is 9.75. The fourth-order valence-corrected chi connectivity index (χ4v) is 4.41. The fraction of sp³-hybridized carbons (Fsp3) is 0.265. The second-order valence-corrected chi connectivity index (χ2v) is 11.6. The van der Waals surface area contributed by atoms with E-state index in [0.717, 1.165) is 6.07 Å². The molecule has 11 nitrogen and oxygen atoms in total. The van der Waals surface area contributed by atoms with Crippen LogP contribution < -0.4 is 34.9 Å². The van der Waals surface area contributed by atoms with E-state index in [1.165, 1.54) is 48.8 Å². The first kappa shape index (κ1) is 32.9. The van der Waals surface area contributed by atoms with Crippen molar-refractivity contribution in [2.45, 2.75) is 39.3 Å². The maximum Gasteiger partial charge on any atom is 0.262 e. The average Bonchev–Trinajstić information content (AvgIpc) is 3.02. The summed E-state index contributed by atoms with van der Waals surface area (Å²) < 4.78 is 52.2. The van der Waals surface area contributed by atoms with E-state index in [2.05, 4.69) is 20.9 Å². The number of benzene rings is 3. The van der Waals surface area contributed by atoms with E-state index >= 15 is 4.39 Å². The summed E-state index contributed by atoms with van der Waals surface area (Å²) >= 11 is 0. The summed E-state index contributed by atoms with van der Waals surface area (Å²) in [5, 5.41) is 18.5. The van der Waals surface area contributed by atoms with Crippen LogP contribution in [0.5, 0.6) is 28.7 Å². The molecule has 0 unspecified atom stereocenters. The zero-order valence-electron chi connectivity index (χ0n) is 26.1. The predicted octanol–water partition coefficient (Wildman–Crippen LogP) is 5.69. The Labute approximate surface area is 269 Å². The summed E-state index contributed by atoms with van der Waals surface area (Å²) in [6, 6.07) is 12.0. The number of nitrogens with zero attached hydrogens (tertiary/aromatic N) is 1. The van der Waals surface area contributed by atoms with Crippen molar-refractivity contribution in [1.82, 2.24) is 10.3 Å². The summed E-state index contributed by atoms with van der Waals surface area (Å²) in [6.07, 6.45) is 2.74. The molecule has 0 saturated carbocycles. The van der Waals surface area contributed by atoms with Gasteiger partial charge in [0.05, 0.1) is 16.5 Å². The molecule has 1 aliphatic rings. The van der Waals surface area contributed by atoms with E-state index in [4.69, 9.17) is 18.9 Å². The molecule has 246 valence electrons. The third-order valence-corrected chi connectivity index (χ3v) is 6.59. The monoisotopic (exact) mass is 648 g/mol. The molecule has 2 heterocycles.